The van der Waals surface area contributed by atoms with Gasteiger partial charge in [-0.05, 0) is 55.9 Å². The molecule has 1 aliphatic carbocycles. The first-order valence-electron chi connectivity index (χ1n) is 7.54. The minimum atomic E-state index is -5.47. The molecular formula is C15H18F3NO5S. The minimum Gasteiger partial charge on any atom is -0.492 e. The topological polar surface area (TPSA) is 92.7 Å². The maximum atomic E-state index is 12.4. The standard InChI is InChI=1S/C15H18F3NO5S/c1-8(19-25(22,23)15(16,17)18)7-24-13-6-12(14(20)21)11-5-3-4-10(11)9(13)2/h6,8,19H,3-5,7H2,1-2H3,(H,20,21). The molecule has 6 nitrogen and oxygen atoms in total. The van der Waals surface area contributed by atoms with Gasteiger partial charge in [0, 0.05) is 0 Å². The lowest BCUT2D eigenvalue weighted by Crippen LogP contribution is -2.43. The van der Waals surface area contributed by atoms with E-state index in [2.05, 4.69) is 0 Å². The van der Waals surface area contributed by atoms with Crippen LogP contribution in [0, 0.1) is 6.92 Å². The Labute approximate surface area is 143 Å². The van der Waals surface area contributed by atoms with Crippen molar-refractivity contribution < 1.29 is 36.2 Å². The van der Waals surface area contributed by atoms with Gasteiger partial charge >= 0.3 is 21.5 Å². The maximum Gasteiger partial charge on any atom is 0.511 e. The Bertz CT molecular complexity index is 789. The van der Waals surface area contributed by atoms with E-state index in [4.69, 9.17) is 4.74 Å². The van der Waals surface area contributed by atoms with Crippen LogP contribution in [-0.2, 0) is 22.9 Å². The number of halogens is 3. The molecule has 0 aliphatic heterocycles. The minimum absolute atomic E-state index is 0.108. The summed E-state index contributed by atoms with van der Waals surface area (Å²) in [5.74, 6) is -0.870. The van der Waals surface area contributed by atoms with Gasteiger partial charge in [-0.1, -0.05) is 0 Å². The maximum absolute atomic E-state index is 12.4. The fourth-order valence-corrected chi connectivity index (χ4v) is 3.58. The molecule has 1 atom stereocenters. The Hall–Kier alpha value is -1.81. The van der Waals surface area contributed by atoms with Gasteiger partial charge in [-0.2, -0.15) is 13.2 Å². The normalized spacial score (nSPS) is 15.7. The predicted octanol–water partition coefficient (Wildman–Crippen LogP) is 2.39. The average Bonchev–Trinajstić information content (AvgIpc) is 2.94. The van der Waals surface area contributed by atoms with Crippen molar-refractivity contribution in [1.29, 1.82) is 0 Å². The summed E-state index contributed by atoms with van der Waals surface area (Å²) in [5.41, 5.74) is -2.94. The highest BCUT2D eigenvalue weighted by Crippen LogP contribution is 2.34. The van der Waals surface area contributed by atoms with E-state index in [1.165, 1.54) is 17.7 Å². The summed E-state index contributed by atoms with van der Waals surface area (Å²) in [4.78, 5) is 11.4. The summed E-state index contributed by atoms with van der Waals surface area (Å²) in [6.45, 7) is 2.60. The third-order valence-electron chi connectivity index (χ3n) is 4.02. The van der Waals surface area contributed by atoms with E-state index in [1.807, 2.05) is 0 Å². The van der Waals surface area contributed by atoms with Gasteiger partial charge in [-0.3, -0.25) is 0 Å². The van der Waals surface area contributed by atoms with Crippen molar-refractivity contribution in [3.63, 3.8) is 0 Å². The summed E-state index contributed by atoms with van der Waals surface area (Å²) in [6.07, 6.45) is 2.18. The monoisotopic (exact) mass is 381 g/mol. The first kappa shape index (κ1) is 19.5. The zero-order valence-corrected chi connectivity index (χ0v) is 14.4. The van der Waals surface area contributed by atoms with Gasteiger partial charge in [-0.15, -0.1) is 0 Å². The van der Waals surface area contributed by atoms with Gasteiger partial charge < -0.3 is 9.84 Å². The van der Waals surface area contributed by atoms with E-state index in [0.29, 0.717) is 12.8 Å². The van der Waals surface area contributed by atoms with E-state index in [-0.39, 0.29) is 17.9 Å². The average molecular weight is 381 g/mol. The Morgan fingerprint density at radius 1 is 1.36 bits per heavy atom. The molecule has 2 N–H and O–H groups in total. The van der Waals surface area contributed by atoms with E-state index in [9.17, 15) is 31.5 Å². The highest BCUT2D eigenvalue weighted by molar-refractivity contribution is 7.90. The van der Waals surface area contributed by atoms with Crippen molar-refractivity contribution in [2.45, 2.75) is 44.7 Å². The van der Waals surface area contributed by atoms with Gasteiger partial charge in [0.15, 0.2) is 0 Å². The number of aromatic carboxylic acids is 1. The summed E-state index contributed by atoms with van der Waals surface area (Å²) < 4.78 is 66.1. The molecule has 0 radical (unpaired) electrons. The highest BCUT2D eigenvalue weighted by atomic mass is 32.2. The van der Waals surface area contributed by atoms with Gasteiger partial charge in [0.05, 0.1) is 11.6 Å². The molecule has 1 aliphatic rings. The molecule has 0 saturated heterocycles. The fourth-order valence-electron chi connectivity index (χ4n) is 2.85. The van der Waals surface area contributed by atoms with Crippen LogP contribution in [-0.4, -0.2) is 37.7 Å². The zero-order chi connectivity index (χ0) is 19.0. The van der Waals surface area contributed by atoms with Crippen LogP contribution in [0.25, 0.3) is 0 Å². The second-order valence-electron chi connectivity index (χ2n) is 5.94. The van der Waals surface area contributed by atoms with Crippen LogP contribution in [0.1, 0.15) is 40.4 Å². The molecular weight excluding hydrogens is 363 g/mol. The SMILES string of the molecule is Cc1c(OCC(C)NS(=O)(=O)C(F)(F)F)cc(C(=O)O)c2c1CCC2. The number of benzene rings is 1. The van der Waals surface area contributed by atoms with Crippen molar-refractivity contribution in [3.05, 3.63) is 28.3 Å². The largest absolute Gasteiger partial charge is 0.511 e. The highest BCUT2D eigenvalue weighted by Gasteiger charge is 2.46. The van der Waals surface area contributed by atoms with E-state index in [0.717, 1.165) is 23.1 Å². The van der Waals surface area contributed by atoms with Crippen molar-refractivity contribution in [2.75, 3.05) is 6.61 Å². The third-order valence-corrected chi connectivity index (χ3v) is 5.34. The molecule has 0 fully saturated rings. The van der Waals surface area contributed by atoms with E-state index < -0.39 is 27.5 Å². The summed E-state index contributed by atoms with van der Waals surface area (Å²) >= 11 is 0. The predicted molar refractivity (Wildman–Crippen MR) is 83.2 cm³/mol. The van der Waals surface area contributed by atoms with Gasteiger partial charge in [0.25, 0.3) is 0 Å². The van der Waals surface area contributed by atoms with E-state index >= 15 is 0 Å². The number of carboxylic acids is 1. The van der Waals surface area contributed by atoms with Gasteiger partial charge in [-0.25, -0.2) is 17.9 Å². The molecule has 10 heteroatoms. The Balaban J connectivity index is 2.16. The number of carbonyl (C=O) groups is 1. The van der Waals surface area contributed by atoms with Crippen molar-refractivity contribution >= 4 is 16.0 Å². The van der Waals surface area contributed by atoms with Gasteiger partial charge in [0.1, 0.15) is 12.4 Å². The quantitative estimate of drug-likeness (QED) is 0.789. The van der Waals surface area contributed by atoms with Crippen molar-refractivity contribution in [2.24, 2.45) is 0 Å². The molecule has 0 aromatic heterocycles. The number of sulfonamides is 1. The van der Waals surface area contributed by atoms with Crippen LogP contribution in [0.3, 0.4) is 0 Å². The number of rotatable bonds is 6. The fraction of sp³-hybridized carbons (Fsp3) is 0.533. The molecule has 2 rings (SSSR count). The van der Waals surface area contributed by atoms with Crippen LogP contribution < -0.4 is 9.46 Å². The number of ether oxygens (including phenoxy) is 1. The zero-order valence-electron chi connectivity index (χ0n) is 13.6. The molecule has 1 aromatic carbocycles. The number of alkyl halides is 3. The number of hydrogen-bond acceptors (Lipinski definition) is 4. The van der Waals surface area contributed by atoms with Crippen LogP contribution in [0.5, 0.6) is 5.75 Å². The molecule has 1 aromatic rings. The van der Waals surface area contributed by atoms with Crippen LogP contribution in [0.15, 0.2) is 6.07 Å². The van der Waals surface area contributed by atoms with Crippen molar-refractivity contribution in [3.8, 4) is 5.75 Å². The lowest BCUT2D eigenvalue weighted by atomic mass is 9.98. The van der Waals surface area contributed by atoms with Crippen LogP contribution >= 0.6 is 0 Å². The second kappa shape index (κ2) is 6.83. The number of hydrogen-bond donors (Lipinski definition) is 2. The van der Waals surface area contributed by atoms with Crippen LogP contribution in [0.4, 0.5) is 13.2 Å². The first-order valence-corrected chi connectivity index (χ1v) is 9.02. The lowest BCUT2D eigenvalue weighted by Gasteiger charge is -2.19. The van der Waals surface area contributed by atoms with Crippen molar-refractivity contribution in [1.82, 2.24) is 4.72 Å². The molecule has 0 spiro atoms. The Kier molecular flexibility index (Phi) is 5.33. The molecule has 25 heavy (non-hydrogen) atoms. The molecule has 0 heterocycles. The Morgan fingerprint density at radius 3 is 2.52 bits per heavy atom. The summed E-state index contributed by atoms with van der Waals surface area (Å²) in [6, 6.07) is 0.194. The lowest BCUT2D eigenvalue weighted by molar-refractivity contribution is -0.0451. The Morgan fingerprint density at radius 2 is 1.96 bits per heavy atom. The second-order valence-corrected chi connectivity index (χ2v) is 7.65. The molecule has 0 amide bonds. The van der Waals surface area contributed by atoms with E-state index in [1.54, 1.807) is 6.92 Å². The molecule has 0 bridgehead atoms. The van der Waals surface area contributed by atoms with Gasteiger partial charge in [0.2, 0.25) is 0 Å². The first-order chi connectivity index (χ1) is 11.4. The summed E-state index contributed by atoms with van der Waals surface area (Å²) in [5, 5.41) is 9.31. The molecule has 0 saturated carbocycles. The third kappa shape index (κ3) is 4.06. The molecule has 1 unspecified atom stereocenters. The number of nitrogens with one attached hydrogen (secondary N) is 1. The van der Waals surface area contributed by atoms with Crippen LogP contribution in [0.2, 0.25) is 0 Å². The number of fused-ring (bicyclic) bond motifs is 1. The number of carboxylic acid groups (broad SMARTS) is 1. The molecule has 140 valence electrons. The summed E-state index contributed by atoms with van der Waals surface area (Å²) in [7, 11) is -5.47. The smallest absolute Gasteiger partial charge is 0.492 e.